The Bertz CT molecular complexity index is 1010. The number of hydrogen-bond acceptors (Lipinski definition) is 7. The Morgan fingerprint density at radius 2 is 1.78 bits per heavy atom. The fraction of sp³-hybridized carbons (Fsp3) is 0.519. The number of carboxylic acid groups (broad SMARTS) is 1. The molecule has 2 aromatic rings. The zero-order valence-electron chi connectivity index (χ0n) is 21.4. The lowest BCUT2D eigenvalue weighted by atomic mass is 9.79. The monoisotopic (exact) mass is 537 g/mol. The van der Waals surface area contributed by atoms with Gasteiger partial charge >= 0.3 is 5.97 Å². The van der Waals surface area contributed by atoms with Gasteiger partial charge in [0.05, 0.1) is 15.5 Å². The van der Waals surface area contributed by atoms with Crippen LogP contribution in [0.1, 0.15) is 52.4 Å². The molecular formula is C27H39NO6S2. The number of aliphatic hydroxyl groups excluding tert-OH is 1. The molecule has 0 aromatic heterocycles. The van der Waals surface area contributed by atoms with Crippen molar-refractivity contribution in [1.29, 1.82) is 0 Å². The third-order valence-corrected chi connectivity index (χ3v) is 9.57. The second-order valence-corrected chi connectivity index (χ2v) is 12.5. The molecule has 2 aromatic carbocycles. The summed E-state index contributed by atoms with van der Waals surface area (Å²) in [6.07, 6.45) is 6.11. The minimum atomic E-state index is -3.20. The Balaban J connectivity index is 2.17. The molecule has 0 unspecified atom stereocenters. The van der Waals surface area contributed by atoms with Gasteiger partial charge in [-0.3, -0.25) is 9.11 Å². The second-order valence-electron chi connectivity index (χ2n) is 9.58. The van der Waals surface area contributed by atoms with Crippen molar-refractivity contribution >= 4 is 39.7 Å². The maximum atomic E-state index is 11.7. The summed E-state index contributed by atoms with van der Waals surface area (Å²) in [7, 11) is -3.20. The van der Waals surface area contributed by atoms with Gasteiger partial charge in [-0.05, 0) is 37.3 Å². The molecule has 1 atom stereocenters. The van der Waals surface area contributed by atoms with E-state index in [1.165, 1.54) is 11.8 Å². The Labute approximate surface area is 220 Å². The fourth-order valence-corrected chi connectivity index (χ4v) is 7.59. The van der Waals surface area contributed by atoms with E-state index in [0.29, 0.717) is 17.2 Å². The molecule has 200 valence electrons. The number of hydrogen-bond donors (Lipinski definition) is 4. The number of nitrogens with zero attached hydrogens (tertiary/aromatic N) is 1. The minimum Gasteiger partial charge on any atom is -0.489 e. The lowest BCUT2D eigenvalue weighted by molar-refractivity contribution is -0.148. The molecule has 0 bridgehead atoms. The van der Waals surface area contributed by atoms with Crippen molar-refractivity contribution in [2.45, 2.75) is 68.3 Å². The Morgan fingerprint density at radius 1 is 1.14 bits per heavy atom. The van der Waals surface area contributed by atoms with Crippen molar-refractivity contribution in [3.05, 3.63) is 42.5 Å². The molecule has 1 aliphatic rings. The number of aliphatic carboxylic acids is 1. The van der Waals surface area contributed by atoms with E-state index < -0.39 is 29.3 Å². The van der Waals surface area contributed by atoms with Gasteiger partial charge in [0.2, 0.25) is 0 Å². The summed E-state index contributed by atoms with van der Waals surface area (Å²) in [6.45, 7) is 4.56. The van der Waals surface area contributed by atoms with E-state index in [1.54, 1.807) is 6.07 Å². The number of carbonyl (C=O) groups is 1. The van der Waals surface area contributed by atoms with Crippen LogP contribution in [-0.2, 0) is 4.79 Å². The van der Waals surface area contributed by atoms with Gasteiger partial charge in [0, 0.05) is 29.5 Å². The van der Waals surface area contributed by atoms with E-state index in [4.69, 9.17) is 9.84 Å². The summed E-state index contributed by atoms with van der Waals surface area (Å²) in [5.41, 5.74) is 1.43. The quantitative estimate of drug-likeness (QED) is 0.217. The topological polar surface area (TPSA) is 110 Å². The number of unbranched alkanes of at least 4 members (excludes halogenated alkanes) is 2. The summed E-state index contributed by atoms with van der Waals surface area (Å²) in [5.74, 6) is -0.762. The highest BCUT2D eigenvalue weighted by molar-refractivity contribution is 8.24. The molecule has 0 saturated carbocycles. The average Bonchev–Trinajstić information content (AvgIpc) is 2.96. The standard InChI is InChI=1S/C27H39NO6S2/c1-4-6-13-27(14-7-5-2)18-28(20-11-9-8-10-12-20)21-15-24(35-3)23(34-17-22(29)26(30)31)16-25(21)36(32,33)19-27/h8-12,15-16,22,29,32-33H,4-7,13-14,17-19H2,1-3H3,(H,30,31)/t22-/m0/s1. The maximum absolute atomic E-state index is 11.7. The number of fused-ring (bicyclic) bond motifs is 1. The number of carboxylic acids is 1. The molecule has 1 aliphatic heterocycles. The Morgan fingerprint density at radius 3 is 2.33 bits per heavy atom. The van der Waals surface area contributed by atoms with Gasteiger partial charge in [-0.25, -0.2) is 4.79 Å². The van der Waals surface area contributed by atoms with Crippen molar-refractivity contribution in [3.63, 3.8) is 0 Å². The van der Waals surface area contributed by atoms with E-state index in [0.717, 1.165) is 54.8 Å². The molecule has 0 spiro atoms. The van der Waals surface area contributed by atoms with Crippen LogP contribution in [0.2, 0.25) is 0 Å². The smallest absolute Gasteiger partial charge is 0.336 e. The van der Waals surface area contributed by atoms with Gasteiger partial charge in [0.15, 0.2) is 6.10 Å². The summed E-state index contributed by atoms with van der Waals surface area (Å²) in [6, 6.07) is 13.6. The lowest BCUT2D eigenvalue weighted by Crippen LogP contribution is -2.37. The highest BCUT2D eigenvalue weighted by Gasteiger charge is 2.42. The third kappa shape index (κ3) is 6.69. The molecule has 0 saturated heterocycles. The predicted molar refractivity (Wildman–Crippen MR) is 148 cm³/mol. The first-order valence-electron chi connectivity index (χ1n) is 12.5. The fourth-order valence-electron chi connectivity index (χ4n) is 4.86. The maximum Gasteiger partial charge on any atom is 0.336 e. The summed E-state index contributed by atoms with van der Waals surface area (Å²) < 4.78 is 29.0. The number of benzene rings is 2. The molecular weight excluding hydrogens is 498 g/mol. The van der Waals surface area contributed by atoms with Gasteiger partial charge in [0.25, 0.3) is 0 Å². The lowest BCUT2D eigenvalue weighted by Gasteiger charge is -2.42. The molecule has 4 N–H and O–H groups in total. The van der Waals surface area contributed by atoms with Crippen LogP contribution in [0.5, 0.6) is 5.75 Å². The van der Waals surface area contributed by atoms with Gasteiger partial charge < -0.3 is 19.8 Å². The van der Waals surface area contributed by atoms with Crippen molar-refractivity contribution < 1.29 is 28.8 Å². The van der Waals surface area contributed by atoms with E-state index in [9.17, 15) is 19.0 Å². The largest absolute Gasteiger partial charge is 0.489 e. The molecule has 1 heterocycles. The SMILES string of the molecule is CCCCC1(CCCC)CN(c2ccccc2)c2cc(SC)c(OC[C@H](O)C(=O)O)cc2S(O)(O)C1. The van der Waals surface area contributed by atoms with Crippen LogP contribution in [0.25, 0.3) is 0 Å². The van der Waals surface area contributed by atoms with Gasteiger partial charge in [0.1, 0.15) is 12.4 Å². The molecule has 3 rings (SSSR count). The first-order valence-corrected chi connectivity index (χ1v) is 15.4. The van der Waals surface area contributed by atoms with Crippen LogP contribution in [0.4, 0.5) is 11.4 Å². The highest BCUT2D eigenvalue weighted by Crippen LogP contribution is 2.62. The van der Waals surface area contributed by atoms with E-state index in [1.807, 2.05) is 42.7 Å². The Hall–Kier alpha value is -1.91. The first-order chi connectivity index (χ1) is 17.2. The third-order valence-electron chi connectivity index (χ3n) is 6.76. The van der Waals surface area contributed by atoms with E-state index >= 15 is 0 Å². The molecule has 0 fully saturated rings. The molecule has 0 amide bonds. The number of rotatable bonds is 12. The van der Waals surface area contributed by atoms with Crippen LogP contribution < -0.4 is 9.64 Å². The molecule has 0 radical (unpaired) electrons. The second kappa shape index (κ2) is 12.6. The van der Waals surface area contributed by atoms with Crippen molar-refractivity contribution in [3.8, 4) is 5.75 Å². The van der Waals surface area contributed by atoms with Crippen LogP contribution in [0.15, 0.2) is 52.3 Å². The van der Waals surface area contributed by atoms with Crippen molar-refractivity contribution in [2.75, 3.05) is 30.1 Å². The van der Waals surface area contributed by atoms with Crippen LogP contribution >= 0.6 is 22.4 Å². The molecule has 36 heavy (non-hydrogen) atoms. The van der Waals surface area contributed by atoms with Gasteiger partial charge in [-0.2, -0.15) is 10.6 Å². The van der Waals surface area contributed by atoms with E-state index in [-0.39, 0.29) is 11.2 Å². The molecule has 9 heteroatoms. The van der Waals surface area contributed by atoms with Crippen LogP contribution in [0.3, 0.4) is 0 Å². The number of aliphatic hydroxyl groups is 1. The molecule has 7 nitrogen and oxygen atoms in total. The first kappa shape index (κ1) is 28.7. The van der Waals surface area contributed by atoms with Crippen molar-refractivity contribution in [2.24, 2.45) is 5.41 Å². The van der Waals surface area contributed by atoms with E-state index in [2.05, 4.69) is 18.7 Å². The molecule has 0 aliphatic carbocycles. The summed E-state index contributed by atoms with van der Waals surface area (Å²) in [4.78, 5) is 14.4. The predicted octanol–water partition coefficient (Wildman–Crippen LogP) is 6.86. The Kier molecular flexibility index (Phi) is 10.00. The van der Waals surface area contributed by atoms with Gasteiger partial charge in [-0.15, -0.1) is 11.8 Å². The average molecular weight is 538 g/mol. The number of para-hydroxylation sites is 1. The van der Waals surface area contributed by atoms with Crippen LogP contribution in [0, 0.1) is 5.41 Å². The summed E-state index contributed by atoms with van der Waals surface area (Å²) >= 11 is 1.43. The number of ether oxygens (including phenoxy) is 1. The number of thioether (sulfide) groups is 1. The normalized spacial score (nSPS) is 18.1. The van der Waals surface area contributed by atoms with Crippen molar-refractivity contribution in [1.82, 2.24) is 0 Å². The summed E-state index contributed by atoms with van der Waals surface area (Å²) in [5, 5.41) is 18.8. The number of anilines is 2. The van der Waals surface area contributed by atoms with Gasteiger partial charge in [-0.1, -0.05) is 57.7 Å². The zero-order chi connectivity index (χ0) is 26.3. The van der Waals surface area contributed by atoms with Crippen LogP contribution in [-0.4, -0.2) is 56.6 Å². The zero-order valence-corrected chi connectivity index (χ0v) is 23.0. The minimum absolute atomic E-state index is 0.270. The highest BCUT2D eigenvalue weighted by atomic mass is 32.3.